The van der Waals surface area contributed by atoms with Crippen molar-refractivity contribution in [3.05, 3.63) is 39.1 Å². The number of aryl methyl sites for hydroxylation is 1. The van der Waals surface area contributed by atoms with Crippen molar-refractivity contribution in [2.45, 2.75) is 6.92 Å². The summed E-state index contributed by atoms with van der Waals surface area (Å²) in [6, 6.07) is 5.67. The number of halogens is 1. The first-order chi connectivity index (χ1) is 8.97. The van der Waals surface area contributed by atoms with Crippen molar-refractivity contribution in [3.8, 4) is 0 Å². The Morgan fingerprint density at radius 2 is 1.95 bits per heavy atom. The Morgan fingerprint density at radius 3 is 2.47 bits per heavy atom. The fourth-order valence-corrected chi connectivity index (χ4v) is 1.99. The number of methoxy groups -OCH3 is 2. The molecule has 0 unspecified atom stereocenters. The summed E-state index contributed by atoms with van der Waals surface area (Å²) in [6.45, 7) is 1.90. The quantitative estimate of drug-likeness (QED) is 0.497. The monoisotopic (exact) mass is 375 g/mol. The maximum absolute atomic E-state index is 11.6. The van der Waals surface area contributed by atoms with Gasteiger partial charge in [0.1, 0.15) is 5.70 Å². The number of anilines is 1. The van der Waals surface area contributed by atoms with Crippen molar-refractivity contribution in [2.24, 2.45) is 0 Å². The van der Waals surface area contributed by atoms with Gasteiger partial charge < -0.3 is 14.8 Å². The molecule has 0 fully saturated rings. The summed E-state index contributed by atoms with van der Waals surface area (Å²) in [6.07, 6.45) is 1.06. The smallest absolute Gasteiger partial charge is 0.354 e. The van der Waals surface area contributed by atoms with Crippen LogP contribution in [0.25, 0.3) is 0 Å². The van der Waals surface area contributed by atoms with Crippen LogP contribution in [0.4, 0.5) is 5.69 Å². The molecule has 0 aliphatic carbocycles. The first kappa shape index (κ1) is 15.5. The standard InChI is InChI=1S/C13H14INO4/c1-8-6-9(14)4-5-10(8)15-11(13(17)19-3)7-12(16)18-2/h4-7,15H,1-3H3/b11-7+. The number of nitrogens with one attached hydrogen (secondary N) is 1. The molecule has 1 aromatic rings. The lowest BCUT2D eigenvalue weighted by Gasteiger charge is -2.11. The Labute approximate surface area is 125 Å². The van der Waals surface area contributed by atoms with Gasteiger partial charge in [-0.1, -0.05) is 0 Å². The number of carbonyl (C=O) groups excluding carboxylic acids is 2. The van der Waals surface area contributed by atoms with Gasteiger partial charge >= 0.3 is 11.9 Å². The van der Waals surface area contributed by atoms with Crippen LogP contribution >= 0.6 is 22.6 Å². The molecule has 1 N–H and O–H groups in total. The van der Waals surface area contributed by atoms with Crippen molar-refractivity contribution in [3.63, 3.8) is 0 Å². The normalized spacial score (nSPS) is 10.8. The summed E-state index contributed by atoms with van der Waals surface area (Å²) in [5.41, 5.74) is 1.70. The van der Waals surface area contributed by atoms with Crippen LogP contribution in [0.15, 0.2) is 30.0 Å². The Balaban J connectivity index is 3.04. The van der Waals surface area contributed by atoms with Gasteiger partial charge in [-0.3, -0.25) is 0 Å². The van der Waals surface area contributed by atoms with Gasteiger partial charge in [0.15, 0.2) is 0 Å². The number of hydrogen-bond acceptors (Lipinski definition) is 5. The minimum Gasteiger partial charge on any atom is -0.466 e. The average molecular weight is 375 g/mol. The van der Waals surface area contributed by atoms with Crippen molar-refractivity contribution in [2.75, 3.05) is 19.5 Å². The molecule has 0 aliphatic heterocycles. The third-order valence-electron chi connectivity index (χ3n) is 2.33. The van der Waals surface area contributed by atoms with Gasteiger partial charge in [-0.15, -0.1) is 0 Å². The second-order valence-corrected chi connectivity index (χ2v) is 4.90. The van der Waals surface area contributed by atoms with Crippen molar-refractivity contribution in [1.29, 1.82) is 0 Å². The predicted molar refractivity (Wildman–Crippen MR) is 79.6 cm³/mol. The lowest BCUT2D eigenvalue weighted by Crippen LogP contribution is -2.16. The first-order valence-corrected chi connectivity index (χ1v) is 6.47. The summed E-state index contributed by atoms with van der Waals surface area (Å²) >= 11 is 2.19. The summed E-state index contributed by atoms with van der Waals surface area (Å²) in [4.78, 5) is 22.8. The van der Waals surface area contributed by atoms with Gasteiger partial charge in [0.25, 0.3) is 0 Å². The van der Waals surface area contributed by atoms with E-state index in [2.05, 4.69) is 37.4 Å². The average Bonchev–Trinajstić information content (AvgIpc) is 2.39. The molecule has 0 radical (unpaired) electrons. The van der Waals surface area contributed by atoms with Gasteiger partial charge in [0, 0.05) is 9.26 Å². The van der Waals surface area contributed by atoms with Crippen LogP contribution < -0.4 is 5.32 Å². The highest BCUT2D eigenvalue weighted by molar-refractivity contribution is 14.1. The molecule has 0 amide bonds. The highest BCUT2D eigenvalue weighted by atomic mass is 127. The van der Waals surface area contributed by atoms with Crippen LogP contribution in [0.2, 0.25) is 0 Å². The van der Waals surface area contributed by atoms with Gasteiger partial charge in [-0.05, 0) is 53.3 Å². The van der Waals surface area contributed by atoms with Crippen molar-refractivity contribution >= 4 is 40.2 Å². The van der Waals surface area contributed by atoms with E-state index in [1.54, 1.807) is 0 Å². The van der Waals surface area contributed by atoms with E-state index >= 15 is 0 Å². The maximum atomic E-state index is 11.6. The molecule has 19 heavy (non-hydrogen) atoms. The minimum atomic E-state index is -0.636. The zero-order chi connectivity index (χ0) is 14.4. The van der Waals surface area contributed by atoms with Crippen molar-refractivity contribution in [1.82, 2.24) is 0 Å². The van der Waals surface area contributed by atoms with Gasteiger partial charge in [-0.25, -0.2) is 9.59 Å². The zero-order valence-electron chi connectivity index (χ0n) is 10.8. The van der Waals surface area contributed by atoms with E-state index in [9.17, 15) is 9.59 Å². The molecule has 0 heterocycles. The minimum absolute atomic E-state index is 0.0265. The highest BCUT2D eigenvalue weighted by Crippen LogP contribution is 2.19. The summed E-state index contributed by atoms with van der Waals surface area (Å²) in [5.74, 6) is -1.26. The Kier molecular flexibility index (Phi) is 5.81. The van der Waals surface area contributed by atoms with Gasteiger partial charge in [0.2, 0.25) is 0 Å². The van der Waals surface area contributed by atoms with Crippen LogP contribution in [-0.2, 0) is 19.1 Å². The number of ether oxygens (including phenoxy) is 2. The number of rotatable bonds is 4. The molecule has 1 rings (SSSR count). The summed E-state index contributed by atoms with van der Waals surface area (Å²) in [5, 5.41) is 2.87. The van der Waals surface area contributed by atoms with E-state index in [1.807, 2.05) is 25.1 Å². The van der Waals surface area contributed by atoms with E-state index in [0.717, 1.165) is 20.9 Å². The molecule has 1 aromatic carbocycles. The molecule has 0 aliphatic rings. The second-order valence-electron chi connectivity index (χ2n) is 3.66. The fourth-order valence-electron chi connectivity index (χ4n) is 1.35. The van der Waals surface area contributed by atoms with Crippen molar-refractivity contribution < 1.29 is 19.1 Å². The summed E-state index contributed by atoms with van der Waals surface area (Å²) in [7, 11) is 2.49. The lowest BCUT2D eigenvalue weighted by molar-refractivity contribution is -0.138. The van der Waals surface area contributed by atoms with E-state index in [-0.39, 0.29) is 5.70 Å². The molecule has 6 heteroatoms. The third kappa shape index (κ3) is 4.55. The van der Waals surface area contributed by atoms with Crippen LogP contribution in [-0.4, -0.2) is 26.2 Å². The molecule has 0 saturated carbocycles. The van der Waals surface area contributed by atoms with E-state index in [0.29, 0.717) is 0 Å². The molecule has 102 valence electrons. The first-order valence-electron chi connectivity index (χ1n) is 5.39. The Bertz CT molecular complexity index is 525. The predicted octanol–water partition coefficient (Wildman–Crippen LogP) is 2.24. The molecular formula is C13H14INO4. The Morgan fingerprint density at radius 1 is 1.26 bits per heavy atom. The summed E-state index contributed by atoms with van der Waals surface area (Å²) < 4.78 is 10.2. The Hall–Kier alpha value is -1.57. The molecule has 0 bridgehead atoms. The number of carbonyl (C=O) groups is 2. The topological polar surface area (TPSA) is 64.6 Å². The molecule has 0 saturated heterocycles. The molecule has 0 aromatic heterocycles. The second kappa shape index (κ2) is 7.13. The van der Waals surface area contributed by atoms with Crippen LogP contribution in [0.3, 0.4) is 0 Å². The third-order valence-corrected chi connectivity index (χ3v) is 3.00. The SMILES string of the molecule is COC(=O)/C=C(/Nc1ccc(I)cc1C)C(=O)OC. The highest BCUT2D eigenvalue weighted by Gasteiger charge is 2.13. The largest absolute Gasteiger partial charge is 0.466 e. The van der Waals surface area contributed by atoms with Gasteiger partial charge in [-0.2, -0.15) is 0 Å². The molecule has 0 spiro atoms. The number of esters is 2. The van der Waals surface area contributed by atoms with E-state index in [4.69, 9.17) is 0 Å². The lowest BCUT2D eigenvalue weighted by atomic mass is 10.2. The molecule has 0 atom stereocenters. The zero-order valence-corrected chi connectivity index (χ0v) is 13.0. The maximum Gasteiger partial charge on any atom is 0.354 e. The van der Waals surface area contributed by atoms with Gasteiger partial charge in [0.05, 0.1) is 20.3 Å². The molecule has 5 nitrogen and oxygen atoms in total. The number of hydrogen-bond donors (Lipinski definition) is 1. The van der Waals surface area contributed by atoms with E-state index < -0.39 is 11.9 Å². The van der Waals surface area contributed by atoms with Crippen LogP contribution in [0.5, 0.6) is 0 Å². The van der Waals surface area contributed by atoms with Crippen LogP contribution in [0.1, 0.15) is 5.56 Å². The van der Waals surface area contributed by atoms with Crippen LogP contribution in [0, 0.1) is 10.5 Å². The van der Waals surface area contributed by atoms with E-state index in [1.165, 1.54) is 14.2 Å². The fraction of sp³-hybridized carbons (Fsp3) is 0.231. The molecular weight excluding hydrogens is 361 g/mol. The number of benzene rings is 1.